The molecule has 0 saturated carbocycles. The van der Waals surface area contributed by atoms with Gasteiger partial charge in [0.05, 0.1) is 23.6 Å². The van der Waals surface area contributed by atoms with Gasteiger partial charge in [0.1, 0.15) is 0 Å². The van der Waals surface area contributed by atoms with Crippen molar-refractivity contribution in [2.45, 2.75) is 0 Å². The van der Waals surface area contributed by atoms with E-state index < -0.39 is 6.03 Å². The van der Waals surface area contributed by atoms with E-state index in [1.54, 1.807) is 6.20 Å². The molecule has 0 atom stereocenters. The molecule has 72 valence electrons. The molecule has 0 bridgehead atoms. The molecule has 0 aliphatic carbocycles. The van der Waals surface area contributed by atoms with Crippen LogP contribution < -0.4 is 0 Å². The van der Waals surface area contributed by atoms with Gasteiger partial charge < -0.3 is 0 Å². The Labute approximate surface area is 84.6 Å². The molecule has 1 aliphatic heterocycles. The van der Waals surface area contributed by atoms with Gasteiger partial charge in [-0.1, -0.05) is 6.07 Å². The third-order valence-corrected chi connectivity index (χ3v) is 2.25. The molecule has 0 saturated heterocycles. The van der Waals surface area contributed by atoms with Crippen LogP contribution in [-0.2, 0) is 0 Å². The first-order chi connectivity index (χ1) is 7.33. The molecule has 2 amide bonds. The van der Waals surface area contributed by atoms with Crippen LogP contribution in [0.15, 0.2) is 34.4 Å². The van der Waals surface area contributed by atoms with Crippen molar-refractivity contribution in [1.82, 2.24) is 10.2 Å². The number of H-pyrrole nitrogens is 1. The molecule has 1 N–H and O–H groups in total. The molecular formula is C10H6N4O. The van der Waals surface area contributed by atoms with Crippen molar-refractivity contribution < 1.29 is 4.79 Å². The number of nitrogens with zero attached hydrogens (tertiary/aromatic N) is 3. The van der Waals surface area contributed by atoms with Gasteiger partial charge in [0.15, 0.2) is 0 Å². The van der Waals surface area contributed by atoms with E-state index in [0.29, 0.717) is 5.71 Å². The average Bonchev–Trinajstić information content (AvgIpc) is 2.84. The Morgan fingerprint density at radius 3 is 3.00 bits per heavy atom. The second-order valence-electron chi connectivity index (χ2n) is 3.21. The normalized spacial score (nSPS) is 14.9. The minimum atomic E-state index is -0.447. The summed E-state index contributed by atoms with van der Waals surface area (Å²) < 4.78 is 0. The fourth-order valence-electron chi connectivity index (χ4n) is 1.52. The van der Waals surface area contributed by atoms with Gasteiger partial charge in [-0.25, -0.2) is 4.79 Å². The second-order valence-corrected chi connectivity index (χ2v) is 3.21. The lowest BCUT2D eigenvalue weighted by Crippen LogP contribution is -1.98. The molecule has 0 fully saturated rings. The summed E-state index contributed by atoms with van der Waals surface area (Å²) in [4.78, 5) is 18.2. The number of fused-ring (bicyclic) bond motifs is 1. The Balaban J connectivity index is 2.16. The number of hydrogen-bond acceptors (Lipinski definition) is 2. The number of amides is 2. The fraction of sp³-hybridized carbons (Fsp3) is 0. The quantitative estimate of drug-likeness (QED) is 0.755. The molecule has 1 aromatic heterocycles. The zero-order chi connectivity index (χ0) is 10.3. The van der Waals surface area contributed by atoms with Crippen molar-refractivity contribution in [2.24, 2.45) is 9.98 Å². The van der Waals surface area contributed by atoms with Crippen LogP contribution in [0.1, 0.15) is 5.56 Å². The van der Waals surface area contributed by atoms with Gasteiger partial charge >= 0.3 is 6.03 Å². The van der Waals surface area contributed by atoms with Crippen molar-refractivity contribution >= 4 is 28.9 Å². The zero-order valence-electron chi connectivity index (χ0n) is 7.64. The maximum absolute atomic E-state index is 10.8. The lowest BCUT2D eigenvalue weighted by atomic mass is 10.1. The molecule has 0 unspecified atom stereocenters. The Hall–Kier alpha value is -2.30. The van der Waals surface area contributed by atoms with Crippen molar-refractivity contribution in [3.63, 3.8) is 0 Å². The number of rotatable bonds is 1. The Morgan fingerprint density at radius 1 is 1.27 bits per heavy atom. The Bertz CT molecular complexity index is 609. The third kappa shape index (κ3) is 1.25. The van der Waals surface area contributed by atoms with Gasteiger partial charge in [-0.2, -0.15) is 15.1 Å². The number of benzene rings is 1. The topological polar surface area (TPSA) is 70.5 Å². The van der Waals surface area contributed by atoms with E-state index in [1.807, 2.05) is 18.2 Å². The van der Waals surface area contributed by atoms with Gasteiger partial charge in [-0.15, -0.1) is 0 Å². The van der Waals surface area contributed by atoms with Crippen LogP contribution in [0.3, 0.4) is 0 Å². The maximum atomic E-state index is 10.8. The van der Waals surface area contributed by atoms with E-state index in [-0.39, 0.29) is 0 Å². The van der Waals surface area contributed by atoms with E-state index in [9.17, 15) is 4.79 Å². The van der Waals surface area contributed by atoms with Crippen LogP contribution in [0.4, 0.5) is 4.79 Å². The number of aromatic amines is 1. The number of nitrogens with one attached hydrogen (secondary N) is 1. The number of carbonyl (C=O) groups is 1. The van der Waals surface area contributed by atoms with Crippen molar-refractivity contribution in [3.8, 4) is 0 Å². The van der Waals surface area contributed by atoms with Crippen molar-refractivity contribution in [3.05, 3.63) is 30.0 Å². The molecule has 2 aromatic rings. The standard InChI is InChI=1S/C10H6N4O/c15-10-11-5-9(13-10)6-1-2-8-7(3-6)4-12-14-8/h1-5H,(H,12,14). The molecule has 0 spiro atoms. The predicted octanol–water partition coefficient (Wildman–Crippen LogP) is 1.56. The van der Waals surface area contributed by atoms with E-state index in [4.69, 9.17) is 0 Å². The van der Waals surface area contributed by atoms with E-state index in [1.165, 1.54) is 6.21 Å². The van der Waals surface area contributed by atoms with Crippen molar-refractivity contribution in [2.75, 3.05) is 0 Å². The van der Waals surface area contributed by atoms with Crippen molar-refractivity contribution in [1.29, 1.82) is 0 Å². The van der Waals surface area contributed by atoms with Gasteiger partial charge in [-0.05, 0) is 12.1 Å². The molecular weight excluding hydrogens is 192 g/mol. The fourth-order valence-corrected chi connectivity index (χ4v) is 1.52. The van der Waals surface area contributed by atoms with E-state index in [0.717, 1.165) is 16.5 Å². The number of aliphatic imine (C=N–C) groups is 2. The van der Waals surface area contributed by atoms with Gasteiger partial charge in [0.25, 0.3) is 0 Å². The largest absolute Gasteiger partial charge is 0.367 e. The Morgan fingerprint density at radius 2 is 2.20 bits per heavy atom. The van der Waals surface area contributed by atoms with Gasteiger partial charge in [-0.3, -0.25) is 5.10 Å². The van der Waals surface area contributed by atoms with Crippen LogP contribution in [0, 0.1) is 0 Å². The highest BCUT2D eigenvalue weighted by Gasteiger charge is 2.10. The van der Waals surface area contributed by atoms with Crippen LogP contribution in [0.25, 0.3) is 10.9 Å². The molecule has 3 rings (SSSR count). The number of aromatic nitrogens is 2. The van der Waals surface area contributed by atoms with Crippen LogP contribution in [0.5, 0.6) is 0 Å². The summed E-state index contributed by atoms with van der Waals surface area (Å²) in [5.41, 5.74) is 2.43. The minimum Gasteiger partial charge on any atom is -0.278 e. The first-order valence-electron chi connectivity index (χ1n) is 4.43. The third-order valence-electron chi connectivity index (χ3n) is 2.25. The Kier molecular flexibility index (Phi) is 1.53. The average molecular weight is 198 g/mol. The van der Waals surface area contributed by atoms with E-state index in [2.05, 4.69) is 20.2 Å². The van der Waals surface area contributed by atoms with Gasteiger partial charge in [0, 0.05) is 10.9 Å². The smallest absolute Gasteiger partial charge is 0.278 e. The summed E-state index contributed by atoms with van der Waals surface area (Å²) in [5, 5.41) is 7.76. The summed E-state index contributed by atoms with van der Waals surface area (Å²) in [5.74, 6) is 0. The SMILES string of the molecule is O=C1N=CC(c2ccc3[nH]ncc3c2)=N1. The molecule has 1 aliphatic rings. The number of hydrogen-bond donors (Lipinski definition) is 1. The number of urea groups is 1. The molecule has 5 nitrogen and oxygen atoms in total. The summed E-state index contributed by atoms with van der Waals surface area (Å²) in [6.45, 7) is 0. The molecule has 5 heteroatoms. The zero-order valence-corrected chi connectivity index (χ0v) is 7.64. The van der Waals surface area contributed by atoms with Crippen LogP contribution in [0.2, 0.25) is 0 Å². The molecule has 1 aromatic carbocycles. The summed E-state index contributed by atoms with van der Waals surface area (Å²) >= 11 is 0. The number of carbonyl (C=O) groups excluding carboxylic acids is 1. The van der Waals surface area contributed by atoms with Crippen LogP contribution in [-0.4, -0.2) is 28.2 Å². The monoisotopic (exact) mass is 198 g/mol. The lowest BCUT2D eigenvalue weighted by molar-refractivity contribution is 0.257. The van der Waals surface area contributed by atoms with Crippen LogP contribution >= 0.6 is 0 Å². The summed E-state index contributed by atoms with van der Waals surface area (Å²) in [7, 11) is 0. The van der Waals surface area contributed by atoms with Gasteiger partial charge in [0.2, 0.25) is 0 Å². The lowest BCUT2D eigenvalue weighted by Gasteiger charge is -1.96. The molecule has 15 heavy (non-hydrogen) atoms. The second kappa shape index (κ2) is 2.84. The first-order valence-corrected chi connectivity index (χ1v) is 4.43. The minimum absolute atomic E-state index is 0.447. The predicted molar refractivity (Wildman–Crippen MR) is 56.5 cm³/mol. The summed E-state index contributed by atoms with van der Waals surface area (Å²) in [6.07, 6.45) is 3.21. The van der Waals surface area contributed by atoms with E-state index >= 15 is 0 Å². The highest BCUT2D eigenvalue weighted by Crippen LogP contribution is 2.14. The summed E-state index contributed by atoms with van der Waals surface area (Å²) in [6, 6.07) is 5.25. The molecule has 2 heterocycles. The highest BCUT2D eigenvalue weighted by molar-refractivity contribution is 6.44. The highest BCUT2D eigenvalue weighted by atomic mass is 16.2. The molecule has 0 radical (unpaired) electrons. The first kappa shape index (κ1) is 8.05. The maximum Gasteiger partial charge on any atom is 0.367 e.